The minimum Gasteiger partial charge on any atom is -0.354 e. The second-order valence-electron chi connectivity index (χ2n) is 5.73. The van der Waals surface area contributed by atoms with Crippen molar-refractivity contribution in [1.82, 2.24) is 15.5 Å². The van der Waals surface area contributed by atoms with Crippen LogP contribution in [0.15, 0.2) is 0 Å². The molecule has 2 heterocycles. The Kier molecular flexibility index (Phi) is 5.45. The summed E-state index contributed by atoms with van der Waals surface area (Å²) in [4.78, 5) is 14.5. The van der Waals surface area contributed by atoms with Crippen molar-refractivity contribution < 1.29 is 4.79 Å². The van der Waals surface area contributed by atoms with Gasteiger partial charge in [-0.2, -0.15) is 0 Å². The van der Waals surface area contributed by atoms with Crippen molar-refractivity contribution in [1.29, 1.82) is 0 Å². The summed E-state index contributed by atoms with van der Waals surface area (Å²) in [5.41, 5.74) is 0. The Bertz CT molecular complexity index is 258. The molecule has 2 saturated heterocycles. The second-order valence-corrected chi connectivity index (χ2v) is 5.73. The molecule has 2 fully saturated rings. The number of nitrogens with zero attached hydrogens (tertiary/aromatic N) is 1. The average molecular weight is 253 g/mol. The molecule has 0 spiro atoms. The number of nitrogens with one attached hydrogen (secondary N) is 2. The van der Waals surface area contributed by atoms with Crippen LogP contribution >= 0.6 is 0 Å². The van der Waals surface area contributed by atoms with Crippen LogP contribution in [0.1, 0.15) is 39.0 Å². The van der Waals surface area contributed by atoms with E-state index in [2.05, 4.69) is 22.5 Å². The minimum atomic E-state index is 0.187. The number of rotatable bonds is 4. The van der Waals surface area contributed by atoms with Gasteiger partial charge >= 0.3 is 0 Å². The molecule has 0 saturated carbocycles. The van der Waals surface area contributed by atoms with Crippen LogP contribution in [0, 0.1) is 5.92 Å². The van der Waals surface area contributed by atoms with Gasteiger partial charge in [-0.25, -0.2) is 0 Å². The van der Waals surface area contributed by atoms with Gasteiger partial charge in [-0.05, 0) is 52.2 Å². The third kappa shape index (κ3) is 3.95. The maximum absolute atomic E-state index is 12.0. The maximum atomic E-state index is 12.0. The van der Waals surface area contributed by atoms with Gasteiger partial charge in [-0.1, -0.05) is 6.42 Å². The van der Waals surface area contributed by atoms with Gasteiger partial charge in [0.25, 0.3) is 0 Å². The van der Waals surface area contributed by atoms with Crippen LogP contribution in [-0.4, -0.2) is 49.6 Å². The summed E-state index contributed by atoms with van der Waals surface area (Å²) >= 11 is 0. The van der Waals surface area contributed by atoms with E-state index in [9.17, 15) is 4.79 Å². The molecule has 0 aromatic rings. The number of piperidine rings is 2. The Labute approximate surface area is 110 Å². The summed E-state index contributed by atoms with van der Waals surface area (Å²) in [6.45, 7) is 7.34. The van der Waals surface area contributed by atoms with Crippen molar-refractivity contribution in [3.8, 4) is 0 Å². The fraction of sp³-hybridized carbons (Fsp3) is 0.929. The number of carbonyl (C=O) groups excluding carboxylic acids is 1. The van der Waals surface area contributed by atoms with Gasteiger partial charge in [0.05, 0.1) is 5.92 Å². The van der Waals surface area contributed by atoms with Crippen molar-refractivity contribution >= 4 is 5.91 Å². The molecular formula is C14H27N3O. The first-order valence-corrected chi connectivity index (χ1v) is 7.50. The summed E-state index contributed by atoms with van der Waals surface area (Å²) in [7, 11) is 0. The van der Waals surface area contributed by atoms with Crippen LogP contribution in [0.2, 0.25) is 0 Å². The van der Waals surface area contributed by atoms with E-state index in [1.807, 2.05) is 0 Å². The largest absolute Gasteiger partial charge is 0.354 e. The zero-order valence-corrected chi connectivity index (χ0v) is 11.6. The predicted molar refractivity (Wildman–Crippen MR) is 73.5 cm³/mol. The SMILES string of the molecule is CC(CNC(=O)C1CCCNC1)N1CCCCC1. The van der Waals surface area contributed by atoms with Crippen LogP contribution in [0.5, 0.6) is 0 Å². The van der Waals surface area contributed by atoms with Crippen molar-refractivity contribution in [2.45, 2.75) is 45.1 Å². The van der Waals surface area contributed by atoms with Gasteiger partial charge in [-0.15, -0.1) is 0 Å². The van der Waals surface area contributed by atoms with Gasteiger partial charge in [-0.3, -0.25) is 9.69 Å². The fourth-order valence-electron chi connectivity index (χ4n) is 2.96. The zero-order valence-electron chi connectivity index (χ0n) is 11.6. The zero-order chi connectivity index (χ0) is 12.8. The summed E-state index contributed by atoms with van der Waals surface area (Å²) < 4.78 is 0. The highest BCUT2D eigenvalue weighted by molar-refractivity contribution is 5.79. The van der Waals surface area contributed by atoms with E-state index in [0.717, 1.165) is 32.5 Å². The smallest absolute Gasteiger partial charge is 0.224 e. The van der Waals surface area contributed by atoms with E-state index in [-0.39, 0.29) is 11.8 Å². The first-order chi connectivity index (χ1) is 8.77. The number of carbonyl (C=O) groups is 1. The van der Waals surface area contributed by atoms with E-state index in [0.29, 0.717) is 6.04 Å². The molecule has 4 nitrogen and oxygen atoms in total. The van der Waals surface area contributed by atoms with E-state index in [1.165, 1.54) is 32.4 Å². The Morgan fingerprint density at radius 2 is 2.11 bits per heavy atom. The highest BCUT2D eigenvalue weighted by Gasteiger charge is 2.22. The first kappa shape index (κ1) is 13.8. The summed E-state index contributed by atoms with van der Waals surface area (Å²) in [5.74, 6) is 0.429. The van der Waals surface area contributed by atoms with Gasteiger partial charge in [0, 0.05) is 19.1 Å². The summed E-state index contributed by atoms with van der Waals surface area (Å²) in [5, 5.41) is 6.42. The van der Waals surface area contributed by atoms with Crippen molar-refractivity contribution in [2.75, 3.05) is 32.7 Å². The van der Waals surface area contributed by atoms with Gasteiger partial charge < -0.3 is 10.6 Å². The molecule has 2 aliphatic heterocycles. The molecular weight excluding hydrogens is 226 g/mol. The summed E-state index contributed by atoms with van der Waals surface area (Å²) in [6, 6.07) is 0.478. The summed E-state index contributed by atoms with van der Waals surface area (Å²) in [6.07, 6.45) is 6.15. The van der Waals surface area contributed by atoms with Crippen LogP contribution in [0.4, 0.5) is 0 Å². The van der Waals surface area contributed by atoms with Gasteiger partial charge in [0.1, 0.15) is 0 Å². The molecule has 4 heteroatoms. The molecule has 2 atom stereocenters. The lowest BCUT2D eigenvalue weighted by Crippen LogP contribution is -2.47. The molecule has 0 aromatic carbocycles. The van der Waals surface area contributed by atoms with Crippen molar-refractivity contribution in [2.24, 2.45) is 5.92 Å². The predicted octanol–water partition coefficient (Wildman–Crippen LogP) is 0.977. The Morgan fingerprint density at radius 1 is 1.33 bits per heavy atom. The van der Waals surface area contributed by atoms with E-state index in [1.54, 1.807) is 0 Å². The van der Waals surface area contributed by atoms with E-state index >= 15 is 0 Å². The number of hydrogen-bond acceptors (Lipinski definition) is 3. The van der Waals surface area contributed by atoms with E-state index < -0.39 is 0 Å². The molecule has 2 rings (SSSR count). The topological polar surface area (TPSA) is 44.4 Å². The van der Waals surface area contributed by atoms with Crippen molar-refractivity contribution in [3.63, 3.8) is 0 Å². The highest BCUT2D eigenvalue weighted by atomic mass is 16.1. The molecule has 1 amide bonds. The lowest BCUT2D eigenvalue weighted by Gasteiger charge is -2.33. The Hall–Kier alpha value is -0.610. The normalized spacial score (nSPS) is 27.7. The molecule has 2 unspecified atom stereocenters. The van der Waals surface area contributed by atoms with Crippen LogP contribution < -0.4 is 10.6 Å². The first-order valence-electron chi connectivity index (χ1n) is 7.50. The second kappa shape index (κ2) is 7.10. The van der Waals surface area contributed by atoms with Crippen LogP contribution in [0.3, 0.4) is 0 Å². The average Bonchev–Trinajstić information content (AvgIpc) is 2.46. The third-order valence-corrected chi connectivity index (χ3v) is 4.25. The molecule has 2 N–H and O–H groups in total. The Morgan fingerprint density at radius 3 is 2.78 bits per heavy atom. The third-order valence-electron chi connectivity index (χ3n) is 4.25. The lowest BCUT2D eigenvalue weighted by atomic mass is 9.99. The highest BCUT2D eigenvalue weighted by Crippen LogP contribution is 2.12. The maximum Gasteiger partial charge on any atom is 0.224 e. The molecule has 0 aliphatic carbocycles. The number of amides is 1. The quantitative estimate of drug-likeness (QED) is 0.785. The van der Waals surface area contributed by atoms with Crippen LogP contribution in [0.25, 0.3) is 0 Å². The molecule has 0 radical (unpaired) electrons. The Balaban J connectivity index is 1.67. The van der Waals surface area contributed by atoms with Gasteiger partial charge in [0.2, 0.25) is 5.91 Å². The number of hydrogen-bond donors (Lipinski definition) is 2. The molecule has 2 aliphatic rings. The molecule has 0 aromatic heterocycles. The molecule has 0 bridgehead atoms. The standard InChI is InChI=1S/C14H27N3O/c1-12(17-8-3-2-4-9-17)10-16-14(18)13-6-5-7-15-11-13/h12-13,15H,2-11H2,1H3,(H,16,18). The van der Waals surface area contributed by atoms with Gasteiger partial charge in [0.15, 0.2) is 0 Å². The molecule has 104 valence electrons. The van der Waals surface area contributed by atoms with E-state index in [4.69, 9.17) is 0 Å². The fourth-order valence-corrected chi connectivity index (χ4v) is 2.96. The monoisotopic (exact) mass is 253 g/mol. The lowest BCUT2D eigenvalue weighted by molar-refractivity contribution is -0.125. The van der Waals surface area contributed by atoms with Crippen LogP contribution in [-0.2, 0) is 4.79 Å². The van der Waals surface area contributed by atoms with Crippen molar-refractivity contribution in [3.05, 3.63) is 0 Å². The minimum absolute atomic E-state index is 0.187. The number of likely N-dealkylation sites (tertiary alicyclic amines) is 1. The molecule has 18 heavy (non-hydrogen) atoms.